The van der Waals surface area contributed by atoms with Crippen LogP contribution in [0.3, 0.4) is 0 Å². The van der Waals surface area contributed by atoms with Crippen LogP contribution in [-0.2, 0) is 12.2 Å². The summed E-state index contributed by atoms with van der Waals surface area (Å²) in [5, 5.41) is 3.15. The highest BCUT2D eigenvalue weighted by atomic mass is 32.2. The highest BCUT2D eigenvalue weighted by molar-refractivity contribution is 7.98. The molecule has 0 fully saturated rings. The first kappa shape index (κ1) is 12.9. The molecule has 2 aromatic rings. The third-order valence-corrected chi connectivity index (χ3v) is 4.43. The number of rotatable bonds is 5. The number of aromatic nitrogens is 1. The van der Waals surface area contributed by atoms with Crippen molar-refractivity contribution in [3.63, 3.8) is 0 Å². The standard InChI is InChI=1S/C12H12FNS3/c13-9-2-1-3-11(6-9)16-8-12-14-10(4-5-15)7-17-12/h1-3,6-7,15H,4-5,8H2. The van der Waals surface area contributed by atoms with Crippen LogP contribution in [0.1, 0.15) is 10.7 Å². The summed E-state index contributed by atoms with van der Waals surface area (Å²) in [4.78, 5) is 5.43. The summed E-state index contributed by atoms with van der Waals surface area (Å²) in [5.41, 5.74) is 1.10. The first-order valence-corrected chi connectivity index (χ1v) is 7.70. The number of thioether (sulfide) groups is 1. The molecule has 0 atom stereocenters. The summed E-state index contributed by atoms with van der Waals surface area (Å²) in [7, 11) is 0. The van der Waals surface area contributed by atoms with E-state index in [1.54, 1.807) is 35.2 Å². The largest absolute Gasteiger partial charge is 0.245 e. The molecule has 0 spiro atoms. The Kier molecular flexibility index (Phi) is 4.88. The van der Waals surface area contributed by atoms with Gasteiger partial charge in [-0.1, -0.05) is 6.07 Å². The van der Waals surface area contributed by atoms with Gasteiger partial charge < -0.3 is 0 Å². The van der Waals surface area contributed by atoms with Crippen LogP contribution in [0.2, 0.25) is 0 Å². The monoisotopic (exact) mass is 285 g/mol. The van der Waals surface area contributed by atoms with Crippen molar-refractivity contribution in [2.24, 2.45) is 0 Å². The predicted octanol–water partition coefficient (Wildman–Crippen LogP) is 4.05. The van der Waals surface area contributed by atoms with Gasteiger partial charge in [0.2, 0.25) is 0 Å². The van der Waals surface area contributed by atoms with Gasteiger partial charge in [0.05, 0.1) is 11.4 Å². The molecule has 0 bridgehead atoms. The Labute approximate surface area is 114 Å². The predicted molar refractivity (Wildman–Crippen MR) is 75.6 cm³/mol. The number of halogens is 1. The highest BCUT2D eigenvalue weighted by Crippen LogP contribution is 2.25. The molecule has 0 amide bonds. The molecule has 0 saturated heterocycles. The fourth-order valence-electron chi connectivity index (χ4n) is 1.35. The highest BCUT2D eigenvalue weighted by Gasteiger charge is 2.03. The molecule has 1 heterocycles. The summed E-state index contributed by atoms with van der Waals surface area (Å²) in [5.74, 6) is 1.42. The maximum Gasteiger partial charge on any atom is 0.124 e. The van der Waals surface area contributed by atoms with Crippen LogP contribution in [0.5, 0.6) is 0 Å². The zero-order valence-electron chi connectivity index (χ0n) is 9.10. The molecule has 0 saturated carbocycles. The van der Waals surface area contributed by atoms with E-state index in [0.717, 1.165) is 33.5 Å². The van der Waals surface area contributed by atoms with Crippen LogP contribution in [0.4, 0.5) is 4.39 Å². The number of aryl methyl sites for hydroxylation is 1. The van der Waals surface area contributed by atoms with Crippen molar-refractivity contribution in [2.45, 2.75) is 17.1 Å². The van der Waals surface area contributed by atoms with E-state index in [0.29, 0.717) is 0 Å². The molecular formula is C12H12FNS3. The third kappa shape index (κ3) is 4.01. The van der Waals surface area contributed by atoms with Crippen molar-refractivity contribution in [2.75, 3.05) is 5.75 Å². The molecule has 2 rings (SSSR count). The number of thiol groups is 1. The summed E-state index contributed by atoms with van der Waals surface area (Å²) < 4.78 is 13.0. The van der Waals surface area contributed by atoms with Crippen molar-refractivity contribution < 1.29 is 4.39 Å². The van der Waals surface area contributed by atoms with Gasteiger partial charge in [-0.05, 0) is 30.4 Å². The van der Waals surface area contributed by atoms with E-state index in [-0.39, 0.29) is 5.82 Å². The van der Waals surface area contributed by atoms with Crippen molar-refractivity contribution in [3.8, 4) is 0 Å². The molecule has 0 aliphatic heterocycles. The molecule has 5 heteroatoms. The van der Waals surface area contributed by atoms with Crippen LogP contribution in [0.15, 0.2) is 34.5 Å². The Morgan fingerprint density at radius 3 is 3.06 bits per heavy atom. The molecule has 0 aliphatic rings. The molecule has 0 radical (unpaired) electrons. The quantitative estimate of drug-likeness (QED) is 0.657. The van der Waals surface area contributed by atoms with E-state index in [4.69, 9.17) is 0 Å². The lowest BCUT2D eigenvalue weighted by atomic mass is 10.4. The maximum atomic E-state index is 13.0. The van der Waals surface area contributed by atoms with Crippen LogP contribution in [0.25, 0.3) is 0 Å². The van der Waals surface area contributed by atoms with E-state index >= 15 is 0 Å². The Morgan fingerprint density at radius 2 is 2.29 bits per heavy atom. The van der Waals surface area contributed by atoms with Gasteiger partial charge in [-0.2, -0.15) is 12.6 Å². The van der Waals surface area contributed by atoms with Crippen LogP contribution >= 0.6 is 35.7 Å². The molecule has 1 aromatic heterocycles. The summed E-state index contributed by atoms with van der Waals surface area (Å²) in [6.45, 7) is 0. The van der Waals surface area contributed by atoms with Crippen molar-refractivity contribution in [1.29, 1.82) is 0 Å². The van der Waals surface area contributed by atoms with Crippen LogP contribution in [0, 0.1) is 5.82 Å². The minimum atomic E-state index is -0.190. The first-order valence-electron chi connectivity index (χ1n) is 5.20. The molecule has 0 unspecified atom stereocenters. The number of thiazole rings is 1. The fourth-order valence-corrected chi connectivity index (χ4v) is 3.36. The minimum Gasteiger partial charge on any atom is -0.245 e. The minimum absolute atomic E-state index is 0.190. The van der Waals surface area contributed by atoms with Gasteiger partial charge in [0.25, 0.3) is 0 Å². The molecule has 0 aliphatic carbocycles. The Hall–Kier alpha value is -0.520. The second kappa shape index (κ2) is 6.42. The Morgan fingerprint density at radius 1 is 1.41 bits per heavy atom. The van der Waals surface area contributed by atoms with Gasteiger partial charge in [-0.3, -0.25) is 0 Å². The lowest BCUT2D eigenvalue weighted by Crippen LogP contribution is -1.87. The van der Waals surface area contributed by atoms with Gasteiger partial charge in [-0.15, -0.1) is 23.1 Å². The first-order chi connectivity index (χ1) is 8.28. The maximum absolute atomic E-state index is 13.0. The molecule has 1 aromatic carbocycles. The average molecular weight is 285 g/mol. The van der Waals surface area contributed by atoms with Crippen molar-refractivity contribution in [1.82, 2.24) is 4.98 Å². The smallest absolute Gasteiger partial charge is 0.124 e. The summed E-state index contributed by atoms with van der Waals surface area (Å²) in [6, 6.07) is 6.65. The van der Waals surface area contributed by atoms with E-state index in [2.05, 4.69) is 23.0 Å². The second-order valence-corrected chi connectivity index (χ2v) is 5.89. The average Bonchev–Trinajstić information content (AvgIpc) is 2.75. The number of benzene rings is 1. The number of nitrogens with zero attached hydrogens (tertiary/aromatic N) is 1. The van der Waals surface area contributed by atoms with E-state index in [1.165, 1.54) is 6.07 Å². The van der Waals surface area contributed by atoms with Gasteiger partial charge in [0.15, 0.2) is 0 Å². The van der Waals surface area contributed by atoms with Crippen molar-refractivity contribution in [3.05, 3.63) is 46.2 Å². The molecule has 17 heavy (non-hydrogen) atoms. The third-order valence-electron chi connectivity index (χ3n) is 2.13. The molecule has 0 N–H and O–H groups in total. The molecular weight excluding hydrogens is 273 g/mol. The normalized spacial score (nSPS) is 10.7. The second-order valence-electron chi connectivity index (χ2n) is 3.45. The number of hydrogen-bond donors (Lipinski definition) is 1. The number of hydrogen-bond acceptors (Lipinski definition) is 4. The topological polar surface area (TPSA) is 12.9 Å². The van der Waals surface area contributed by atoms with E-state index in [9.17, 15) is 4.39 Å². The van der Waals surface area contributed by atoms with Crippen LogP contribution < -0.4 is 0 Å². The van der Waals surface area contributed by atoms with Crippen molar-refractivity contribution >= 4 is 35.7 Å². The Bertz CT molecular complexity index is 484. The van der Waals surface area contributed by atoms with Gasteiger partial charge in [0, 0.05) is 10.3 Å². The molecule has 90 valence electrons. The zero-order valence-corrected chi connectivity index (χ0v) is 11.6. The van der Waals surface area contributed by atoms with Crippen LogP contribution in [-0.4, -0.2) is 10.7 Å². The fraction of sp³-hybridized carbons (Fsp3) is 0.250. The van der Waals surface area contributed by atoms with E-state index < -0.39 is 0 Å². The van der Waals surface area contributed by atoms with E-state index in [1.807, 2.05) is 6.07 Å². The lowest BCUT2D eigenvalue weighted by molar-refractivity contribution is 0.624. The molecule has 1 nitrogen and oxygen atoms in total. The van der Waals surface area contributed by atoms with Gasteiger partial charge in [0.1, 0.15) is 10.8 Å². The zero-order chi connectivity index (χ0) is 12.1. The SMILES string of the molecule is Fc1cccc(SCc2nc(CCS)cs2)c1. The lowest BCUT2D eigenvalue weighted by Gasteiger charge is -1.98. The Balaban J connectivity index is 1.93. The van der Waals surface area contributed by atoms with Gasteiger partial charge >= 0.3 is 0 Å². The van der Waals surface area contributed by atoms with Gasteiger partial charge in [-0.25, -0.2) is 9.37 Å². The summed E-state index contributed by atoms with van der Waals surface area (Å²) >= 11 is 7.44. The summed E-state index contributed by atoms with van der Waals surface area (Å²) in [6.07, 6.45) is 0.907.